The summed E-state index contributed by atoms with van der Waals surface area (Å²) < 4.78 is 6.52. The van der Waals surface area contributed by atoms with Crippen molar-refractivity contribution in [2.75, 3.05) is 11.9 Å². The number of nitrogens with one attached hydrogen (secondary N) is 1. The van der Waals surface area contributed by atoms with E-state index in [0.717, 1.165) is 14.8 Å². The molecule has 1 N–H and O–H groups in total. The zero-order valence-corrected chi connectivity index (χ0v) is 12.7. The fraction of sp³-hybridized carbons (Fsp3) is 0.133. The Morgan fingerprint density at radius 2 is 1.89 bits per heavy atom. The van der Waals surface area contributed by atoms with Crippen molar-refractivity contribution in [1.82, 2.24) is 0 Å². The summed E-state index contributed by atoms with van der Waals surface area (Å²) >= 11 is 2.24. The maximum absolute atomic E-state index is 11.8. The molecule has 0 bridgehead atoms. The summed E-state index contributed by atoms with van der Waals surface area (Å²) in [6.45, 7) is 1.99. The average molecular weight is 367 g/mol. The number of amides is 1. The fourth-order valence-electron chi connectivity index (χ4n) is 1.59. The lowest BCUT2D eigenvalue weighted by Gasteiger charge is -2.10. The first-order chi connectivity index (χ1) is 9.16. The molecule has 2 rings (SSSR count). The highest BCUT2D eigenvalue weighted by molar-refractivity contribution is 14.1. The lowest BCUT2D eigenvalue weighted by molar-refractivity contribution is -0.118. The Labute approximate surface area is 126 Å². The number of carbonyl (C=O) groups excluding carboxylic acids is 1. The number of halogens is 1. The second-order valence-corrected chi connectivity index (χ2v) is 5.22. The molecule has 0 atom stereocenters. The van der Waals surface area contributed by atoms with Crippen LogP contribution in [0.15, 0.2) is 48.5 Å². The van der Waals surface area contributed by atoms with Crippen LogP contribution in [0.25, 0.3) is 0 Å². The van der Waals surface area contributed by atoms with Crippen molar-refractivity contribution in [1.29, 1.82) is 0 Å². The van der Waals surface area contributed by atoms with Crippen LogP contribution in [-0.4, -0.2) is 12.5 Å². The second-order valence-electron chi connectivity index (χ2n) is 4.06. The van der Waals surface area contributed by atoms with Gasteiger partial charge in [-0.05, 0) is 59.3 Å². The number of anilines is 1. The third-order valence-electron chi connectivity index (χ3n) is 2.65. The number of rotatable bonds is 4. The normalized spacial score (nSPS) is 10.0. The standard InChI is InChI=1S/C15H14INO2/c1-11-13(16)8-5-9-14(11)17-15(18)10-19-12-6-3-2-4-7-12/h2-9H,10H2,1H3,(H,17,18). The molecule has 0 aliphatic rings. The lowest BCUT2D eigenvalue weighted by atomic mass is 10.2. The van der Waals surface area contributed by atoms with Crippen LogP contribution >= 0.6 is 22.6 Å². The minimum Gasteiger partial charge on any atom is -0.484 e. The van der Waals surface area contributed by atoms with Crippen LogP contribution in [0.3, 0.4) is 0 Å². The third kappa shape index (κ3) is 3.96. The van der Waals surface area contributed by atoms with Crippen LogP contribution in [0.5, 0.6) is 5.75 Å². The van der Waals surface area contributed by atoms with Gasteiger partial charge in [-0.25, -0.2) is 0 Å². The minimum absolute atomic E-state index is 0.00886. The molecule has 0 fully saturated rings. The van der Waals surface area contributed by atoms with E-state index >= 15 is 0 Å². The highest BCUT2D eigenvalue weighted by atomic mass is 127. The van der Waals surface area contributed by atoms with Crippen LogP contribution in [-0.2, 0) is 4.79 Å². The van der Waals surface area contributed by atoms with Gasteiger partial charge in [-0.1, -0.05) is 24.3 Å². The van der Waals surface area contributed by atoms with E-state index in [1.165, 1.54) is 0 Å². The summed E-state index contributed by atoms with van der Waals surface area (Å²) in [5.41, 5.74) is 1.89. The van der Waals surface area contributed by atoms with Gasteiger partial charge in [-0.2, -0.15) is 0 Å². The highest BCUT2D eigenvalue weighted by Gasteiger charge is 2.07. The van der Waals surface area contributed by atoms with Gasteiger partial charge in [0.15, 0.2) is 6.61 Å². The van der Waals surface area contributed by atoms with Crippen LogP contribution in [0, 0.1) is 10.5 Å². The average Bonchev–Trinajstić information content (AvgIpc) is 2.43. The fourth-order valence-corrected chi connectivity index (χ4v) is 2.09. The molecule has 0 aliphatic carbocycles. The molecule has 0 heterocycles. The summed E-state index contributed by atoms with van der Waals surface area (Å²) in [6.07, 6.45) is 0. The van der Waals surface area contributed by atoms with Crippen LogP contribution < -0.4 is 10.1 Å². The molecule has 0 saturated carbocycles. The molecule has 4 heteroatoms. The summed E-state index contributed by atoms with van der Waals surface area (Å²) in [6, 6.07) is 15.1. The maximum atomic E-state index is 11.8. The van der Waals surface area contributed by atoms with E-state index in [1.807, 2.05) is 55.5 Å². The van der Waals surface area contributed by atoms with Gasteiger partial charge in [0.25, 0.3) is 5.91 Å². The minimum atomic E-state index is -0.158. The van der Waals surface area contributed by atoms with Crippen molar-refractivity contribution >= 4 is 34.2 Å². The highest BCUT2D eigenvalue weighted by Crippen LogP contribution is 2.20. The van der Waals surface area contributed by atoms with Crippen molar-refractivity contribution < 1.29 is 9.53 Å². The summed E-state index contributed by atoms with van der Waals surface area (Å²) in [7, 11) is 0. The molecule has 98 valence electrons. The quantitative estimate of drug-likeness (QED) is 0.839. The Morgan fingerprint density at radius 1 is 1.16 bits per heavy atom. The SMILES string of the molecule is Cc1c(I)cccc1NC(=O)COc1ccccc1. The zero-order chi connectivity index (χ0) is 13.7. The maximum Gasteiger partial charge on any atom is 0.262 e. The Bertz CT molecular complexity index is 570. The smallest absolute Gasteiger partial charge is 0.262 e. The molecule has 0 radical (unpaired) electrons. The van der Waals surface area contributed by atoms with Gasteiger partial charge in [-0.15, -0.1) is 0 Å². The molecular weight excluding hydrogens is 353 g/mol. The second kappa shape index (κ2) is 6.56. The number of para-hydroxylation sites is 1. The number of carbonyl (C=O) groups is 1. The summed E-state index contributed by atoms with van der Waals surface area (Å²) in [5, 5.41) is 2.85. The predicted octanol–water partition coefficient (Wildman–Crippen LogP) is 3.62. The Morgan fingerprint density at radius 3 is 2.63 bits per heavy atom. The van der Waals surface area contributed by atoms with Gasteiger partial charge < -0.3 is 10.1 Å². The first-order valence-corrected chi connectivity index (χ1v) is 6.97. The molecule has 19 heavy (non-hydrogen) atoms. The van der Waals surface area contributed by atoms with Gasteiger partial charge in [0.2, 0.25) is 0 Å². The third-order valence-corrected chi connectivity index (χ3v) is 3.82. The van der Waals surface area contributed by atoms with Gasteiger partial charge >= 0.3 is 0 Å². The van der Waals surface area contributed by atoms with E-state index in [9.17, 15) is 4.79 Å². The van der Waals surface area contributed by atoms with E-state index in [0.29, 0.717) is 5.75 Å². The monoisotopic (exact) mass is 367 g/mol. The first-order valence-electron chi connectivity index (χ1n) is 5.89. The molecule has 0 aliphatic heterocycles. The Kier molecular flexibility index (Phi) is 4.79. The van der Waals surface area contributed by atoms with Gasteiger partial charge in [0, 0.05) is 9.26 Å². The van der Waals surface area contributed by atoms with E-state index in [-0.39, 0.29) is 12.5 Å². The molecule has 1 amide bonds. The van der Waals surface area contributed by atoms with Crippen LogP contribution in [0.4, 0.5) is 5.69 Å². The molecule has 0 spiro atoms. The molecular formula is C15H14INO2. The van der Waals surface area contributed by atoms with Crippen LogP contribution in [0.2, 0.25) is 0 Å². The molecule has 0 aromatic heterocycles. The molecule has 0 saturated heterocycles. The number of benzene rings is 2. The number of hydrogen-bond acceptors (Lipinski definition) is 2. The van der Waals surface area contributed by atoms with E-state index in [4.69, 9.17) is 4.74 Å². The molecule has 2 aromatic rings. The van der Waals surface area contributed by atoms with Crippen molar-refractivity contribution in [3.8, 4) is 5.75 Å². The van der Waals surface area contributed by atoms with Crippen molar-refractivity contribution in [2.24, 2.45) is 0 Å². The van der Waals surface area contributed by atoms with Crippen molar-refractivity contribution in [2.45, 2.75) is 6.92 Å². The molecule has 3 nitrogen and oxygen atoms in total. The van der Waals surface area contributed by atoms with E-state index in [2.05, 4.69) is 27.9 Å². The van der Waals surface area contributed by atoms with E-state index in [1.54, 1.807) is 0 Å². The largest absolute Gasteiger partial charge is 0.484 e. The summed E-state index contributed by atoms with van der Waals surface area (Å²) in [5.74, 6) is 0.533. The lowest BCUT2D eigenvalue weighted by Crippen LogP contribution is -2.20. The zero-order valence-electron chi connectivity index (χ0n) is 10.5. The van der Waals surface area contributed by atoms with Crippen LogP contribution in [0.1, 0.15) is 5.56 Å². The predicted molar refractivity (Wildman–Crippen MR) is 84.5 cm³/mol. The van der Waals surface area contributed by atoms with Gasteiger partial charge in [-0.3, -0.25) is 4.79 Å². The molecule has 2 aromatic carbocycles. The Hall–Kier alpha value is -1.56. The van der Waals surface area contributed by atoms with E-state index < -0.39 is 0 Å². The molecule has 0 unspecified atom stereocenters. The van der Waals surface area contributed by atoms with Crippen molar-refractivity contribution in [3.05, 3.63) is 57.7 Å². The van der Waals surface area contributed by atoms with Gasteiger partial charge in [0.05, 0.1) is 0 Å². The van der Waals surface area contributed by atoms with Crippen molar-refractivity contribution in [3.63, 3.8) is 0 Å². The Balaban J connectivity index is 1.93. The van der Waals surface area contributed by atoms with Gasteiger partial charge in [0.1, 0.15) is 5.75 Å². The number of ether oxygens (including phenoxy) is 1. The number of hydrogen-bond donors (Lipinski definition) is 1. The topological polar surface area (TPSA) is 38.3 Å². The first kappa shape index (κ1) is 13.9. The summed E-state index contributed by atoms with van der Waals surface area (Å²) in [4.78, 5) is 11.8.